The highest BCUT2D eigenvalue weighted by Gasteiger charge is 2.35. The van der Waals surface area contributed by atoms with E-state index in [1.54, 1.807) is 0 Å². The second-order valence-corrected chi connectivity index (χ2v) is 5.45. The van der Waals surface area contributed by atoms with Gasteiger partial charge in [0, 0.05) is 25.2 Å². The summed E-state index contributed by atoms with van der Waals surface area (Å²) in [4.78, 5) is 0. The lowest BCUT2D eigenvalue weighted by Crippen LogP contribution is -2.63. The molecule has 0 saturated carbocycles. The lowest BCUT2D eigenvalue weighted by atomic mass is 10.1. The predicted molar refractivity (Wildman–Crippen MR) is 42.2 cm³/mol. The molecule has 11 heavy (non-hydrogen) atoms. The Morgan fingerprint density at radius 2 is 1.82 bits per heavy atom. The van der Waals surface area contributed by atoms with Gasteiger partial charge in [-0.25, -0.2) is 8.42 Å². The standard InChI is InChI=1S/C6H12N2O2S/c9-11(10)3-6(4-11)8-5-1-7-2-5/h5-8H,1-4H2. The smallest absolute Gasteiger partial charge is 0.153 e. The van der Waals surface area contributed by atoms with Crippen molar-refractivity contribution in [1.29, 1.82) is 0 Å². The molecule has 5 heteroatoms. The molecule has 2 saturated heterocycles. The molecule has 0 aromatic carbocycles. The summed E-state index contributed by atoms with van der Waals surface area (Å²) in [6.07, 6.45) is 0. The molecule has 0 atom stereocenters. The average molecular weight is 176 g/mol. The first-order valence-electron chi connectivity index (χ1n) is 3.83. The van der Waals surface area contributed by atoms with Crippen molar-refractivity contribution in [2.75, 3.05) is 24.6 Å². The quantitative estimate of drug-likeness (QED) is 0.529. The van der Waals surface area contributed by atoms with Gasteiger partial charge in [-0.15, -0.1) is 0 Å². The van der Waals surface area contributed by atoms with Crippen molar-refractivity contribution >= 4 is 9.84 Å². The highest BCUT2D eigenvalue weighted by Crippen LogP contribution is 2.11. The molecule has 2 rings (SSSR count). The third kappa shape index (κ3) is 1.55. The molecule has 0 aliphatic carbocycles. The van der Waals surface area contributed by atoms with Gasteiger partial charge in [-0.3, -0.25) is 0 Å². The maximum Gasteiger partial charge on any atom is 0.153 e. The number of rotatable bonds is 2. The summed E-state index contributed by atoms with van der Waals surface area (Å²) < 4.78 is 21.5. The minimum atomic E-state index is -2.64. The first-order chi connectivity index (χ1) is 5.16. The van der Waals surface area contributed by atoms with Gasteiger partial charge in [-0.2, -0.15) is 0 Å². The van der Waals surface area contributed by atoms with E-state index < -0.39 is 9.84 Å². The van der Waals surface area contributed by atoms with Crippen LogP contribution in [0, 0.1) is 0 Å². The van der Waals surface area contributed by atoms with Crippen LogP contribution in [0.5, 0.6) is 0 Å². The molecular formula is C6H12N2O2S. The van der Waals surface area contributed by atoms with Crippen LogP contribution in [0.2, 0.25) is 0 Å². The van der Waals surface area contributed by atoms with E-state index in [2.05, 4.69) is 10.6 Å². The van der Waals surface area contributed by atoms with Crippen molar-refractivity contribution in [2.45, 2.75) is 12.1 Å². The van der Waals surface area contributed by atoms with E-state index in [9.17, 15) is 8.42 Å². The van der Waals surface area contributed by atoms with Crippen LogP contribution in [0.3, 0.4) is 0 Å². The lowest BCUT2D eigenvalue weighted by molar-refractivity contribution is 0.336. The van der Waals surface area contributed by atoms with E-state index in [-0.39, 0.29) is 6.04 Å². The Morgan fingerprint density at radius 1 is 1.18 bits per heavy atom. The monoisotopic (exact) mass is 176 g/mol. The highest BCUT2D eigenvalue weighted by molar-refractivity contribution is 7.92. The van der Waals surface area contributed by atoms with E-state index in [0.717, 1.165) is 13.1 Å². The van der Waals surface area contributed by atoms with Gasteiger partial charge in [0.05, 0.1) is 11.5 Å². The summed E-state index contributed by atoms with van der Waals surface area (Å²) in [5.74, 6) is 0.674. The van der Waals surface area contributed by atoms with Gasteiger partial charge in [-0.1, -0.05) is 0 Å². The molecule has 2 N–H and O–H groups in total. The van der Waals surface area contributed by atoms with Crippen molar-refractivity contribution < 1.29 is 8.42 Å². The molecule has 4 nitrogen and oxygen atoms in total. The number of sulfone groups is 1. The molecule has 2 fully saturated rings. The van der Waals surface area contributed by atoms with Gasteiger partial charge in [0.15, 0.2) is 9.84 Å². The van der Waals surface area contributed by atoms with Crippen LogP contribution in [-0.4, -0.2) is 45.1 Å². The molecule has 0 bridgehead atoms. The van der Waals surface area contributed by atoms with Crippen LogP contribution < -0.4 is 10.6 Å². The highest BCUT2D eigenvalue weighted by atomic mass is 32.2. The molecule has 2 aliphatic rings. The average Bonchev–Trinajstić information content (AvgIpc) is 1.73. The summed E-state index contributed by atoms with van der Waals surface area (Å²) in [5, 5.41) is 6.39. The lowest BCUT2D eigenvalue weighted by Gasteiger charge is -2.35. The largest absolute Gasteiger partial charge is 0.314 e. The molecule has 2 heterocycles. The molecule has 2 aliphatic heterocycles. The van der Waals surface area contributed by atoms with Crippen molar-refractivity contribution in [3.8, 4) is 0 Å². The summed E-state index contributed by atoms with van der Waals surface area (Å²) in [5.41, 5.74) is 0. The second kappa shape index (κ2) is 2.43. The predicted octanol–water partition coefficient (Wildman–Crippen LogP) is -1.66. The van der Waals surface area contributed by atoms with E-state index in [0.29, 0.717) is 17.5 Å². The van der Waals surface area contributed by atoms with Crippen LogP contribution >= 0.6 is 0 Å². The van der Waals surface area contributed by atoms with Gasteiger partial charge < -0.3 is 10.6 Å². The SMILES string of the molecule is O=S1(=O)CC(NC2CNC2)C1. The van der Waals surface area contributed by atoms with E-state index in [1.807, 2.05) is 0 Å². The number of nitrogens with one attached hydrogen (secondary N) is 2. The van der Waals surface area contributed by atoms with Crippen molar-refractivity contribution in [2.24, 2.45) is 0 Å². The second-order valence-electron chi connectivity index (χ2n) is 3.30. The zero-order chi connectivity index (χ0) is 7.90. The molecular weight excluding hydrogens is 164 g/mol. The number of hydrogen-bond acceptors (Lipinski definition) is 4. The van der Waals surface area contributed by atoms with Crippen molar-refractivity contribution in [3.63, 3.8) is 0 Å². The molecule has 0 aromatic rings. The van der Waals surface area contributed by atoms with Gasteiger partial charge in [-0.05, 0) is 0 Å². The van der Waals surface area contributed by atoms with Gasteiger partial charge >= 0.3 is 0 Å². The maximum absolute atomic E-state index is 10.7. The van der Waals surface area contributed by atoms with Crippen LogP contribution in [0.1, 0.15) is 0 Å². The van der Waals surface area contributed by atoms with Gasteiger partial charge in [0.2, 0.25) is 0 Å². The molecule has 0 unspecified atom stereocenters. The summed E-state index contributed by atoms with van der Waals surface area (Å²) >= 11 is 0. The van der Waals surface area contributed by atoms with Gasteiger partial charge in [0.1, 0.15) is 0 Å². The van der Waals surface area contributed by atoms with Crippen LogP contribution in [0.25, 0.3) is 0 Å². The Hall–Kier alpha value is -0.130. The molecule has 0 radical (unpaired) electrons. The Morgan fingerprint density at radius 3 is 2.18 bits per heavy atom. The zero-order valence-electron chi connectivity index (χ0n) is 6.21. The van der Waals surface area contributed by atoms with Crippen LogP contribution in [0.4, 0.5) is 0 Å². The van der Waals surface area contributed by atoms with Crippen LogP contribution in [-0.2, 0) is 9.84 Å². The van der Waals surface area contributed by atoms with Crippen molar-refractivity contribution in [3.05, 3.63) is 0 Å². The fourth-order valence-electron chi connectivity index (χ4n) is 1.40. The fraction of sp³-hybridized carbons (Fsp3) is 1.00. The minimum Gasteiger partial charge on any atom is -0.314 e. The Bertz CT molecular complexity index is 233. The summed E-state index contributed by atoms with van der Waals surface area (Å²) in [6, 6.07) is 0.739. The summed E-state index contributed by atoms with van der Waals surface area (Å²) in [7, 11) is -2.64. The van der Waals surface area contributed by atoms with Gasteiger partial charge in [0.25, 0.3) is 0 Å². The van der Waals surface area contributed by atoms with E-state index >= 15 is 0 Å². The minimum absolute atomic E-state index is 0.229. The third-order valence-electron chi connectivity index (χ3n) is 2.16. The molecule has 64 valence electrons. The first-order valence-corrected chi connectivity index (χ1v) is 5.65. The topological polar surface area (TPSA) is 58.2 Å². The third-order valence-corrected chi connectivity index (χ3v) is 3.98. The van der Waals surface area contributed by atoms with Crippen LogP contribution in [0.15, 0.2) is 0 Å². The Labute approximate surface area is 66.3 Å². The first kappa shape index (κ1) is 7.52. The summed E-state index contributed by atoms with van der Waals surface area (Å²) in [6.45, 7) is 1.97. The maximum atomic E-state index is 10.7. The van der Waals surface area contributed by atoms with Crippen molar-refractivity contribution in [1.82, 2.24) is 10.6 Å². The Balaban J connectivity index is 1.74. The normalized spacial score (nSPS) is 30.9. The Kier molecular flexibility index (Phi) is 1.66. The molecule has 0 amide bonds. The zero-order valence-corrected chi connectivity index (χ0v) is 7.02. The molecule has 0 aromatic heterocycles. The number of hydrogen-bond donors (Lipinski definition) is 2. The van der Waals surface area contributed by atoms with E-state index in [4.69, 9.17) is 0 Å². The van der Waals surface area contributed by atoms with E-state index in [1.165, 1.54) is 0 Å². The fourth-order valence-corrected chi connectivity index (χ4v) is 2.72. The molecule has 0 spiro atoms.